The van der Waals surface area contributed by atoms with E-state index in [4.69, 9.17) is 0 Å². The van der Waals surface area contributed by atoms with E-state index in [1.165, 1.54) is 0 Å². The first-order valence-corrected chi connectivity index (χ1v) is 7.34. The van der Waals surface area contributed by atoms with Gasteiger partial charge in [-0.2, -0.15) is 8.78 Å². The van der Waals surface area contributed by atoms with Crippen LogP contribution in [0.25, 0.3) is 12.7 Å². The van der Waals surface area contributed by atoms with Gasteiger partial charge in [0, 0.05) is 19.0 Å². The lowest BCUT2D eigenvalue weighted by atomic mass is 10.0. The second-order valence-corrected chi connectivity index (χ2v) is 5.27. The topological polar surface area (TPSA) is 38.3 Å². The molecule has 0 saturated heterocycles. The standard InChI is InChI=1S/C17H23F2NO2/c1-5-6-7-14-11-15(13(3)10-12(14)2)16(21)20-8-9-22-17(4,18)19/h7,10-11H,2,5-6,8-9H2,1,3-4H3,(H,20,21)/b14-7-. The van der Waals surface area contributed by atoms with E-state index in [1.54, 1.807) is 6.07 Å². The first-order chi connectivity index (χ1) is 10.2. The van der Waals surface area contributed by atoms with Crippen molar-refractivity contribution >= 4 is 18.6 Å². The zero-order valence-electron chi connectivity index (χ0n) is 13.3. The summed E-state index contributed by atoms with van der Waals surface area (Å²) in [7, 11) is 0. The molecule has 0 bridgehead atoms. The molecule has 0 radical (unpaired) electrons. The lowest BCUT2D eigenvalue weighted by molar-refractivity contribution is -0.222. The maximum atomic E-state index is 12.5. The summed E-state index contributed by atoms with van der Waals surface area (Å²) in [4.78, 5) is 12.1. The van der Waals surface area contributed by atoms with Gasteiger partial charge in [0.1, 0.15) is 0 Å². The average molecular weight is 311 g/mol. The van der Waals surface area contributed by atoms with Gasteiger partial charge in [0.15, 0.2) is 0 Å². The van der Waals surface area contributed by atoms with Crippen LogP contribution in [0, 0.1) is 6.92 Å². The molecule has 0 aromatic heterocycles. The van der Waals surface area contributed by atoms with Crippen LogP contribution in [0.3, 0.4) is 0 Å². The summed E-state index contributed by atoms with van der Waals surface area (Å²) in [5, 5.41) is 4.38. The minimum atomic E-state index is -3.18. The van der Waals surface area contributed by atoms with E-state index >= 15 is 0 Å². The van der Waals surface area contributed by atoms with Gasteiger partial charge in [-0.1, -0.05) is 32.1 Å². The van der Waals surface area contributed by atoms with E-state index in [-0.39, 0.29) is 19.1 Å². The molecule has 0 heterocycles. The normalized spacial score (nSPS) is 12.5. The maximum Gasteiger partial charge on any atom is 0.352 e. The maximum absolute atomic E-state index is 12.5. The molecule has 0 saturated carbocycles. The number of hydrogen-bond donors (Lipinski definition) is 1. The molecule has 1 rings (SSSR count). The van der Waals surface area contributed by atoms with Crippen LogP contribution >= 0.6 is 0 Å². The number of alkyl halides is 2. The quantitative estimate of drug-likeness (QED) is 0.785. The second kappa shape index (κ2) is 8.03. The summed E-state index contributed by atoms with van der Waals surface area (Å²) in [6.45, 7) is 8.33. The number of hydrogen-bond acceptors (Lipinski definition) is 2. The fourth-order valence-corrected chi connectivity index (χ4v) is 2.01. The third kappa shape index (κ3) is 5.93. The molecular weight excluding hydrogens is 288 g/mol. The predicted octanol–water partition coefficient (Wildman–Crippen LogP) is 2.35. The van der Waals surface area contributed by atoms with Gasteiger partial charge in [-0.15, -0.1) is 0 Å². The van der Waals surface area contributed by atoms with Crippen molar-refractivity contribution < 1.29 is 18.3 Å². The molecule has 0 aliphatic rings. The van der Waals surface area contributed by atoms with Crippen molar-refractivity contribution in [1.29, 1.82) is 0 Å². The van der Waals surface area contributed by atoms with Gasteiger partial charge in [0.25, 0.3) is 5.91 Å². The van der Waals surface area contributed by atoms with E-state index in [1.807, 2.05) is 19.1 Å². The molecule has 5 heteroatoms. The number of rotatable bonds is 7. The molecule has 0 aliphatic carbocycles. The van der Waals surface area contributed by atoms with Crippen molar-refractivity contribution in [2.24, 2.45) is 0 Å². The number of aryl methyl sites for hydroxylation is 1. The van der Waals surface area contributed by atoms with E-state index in [0.29, 0.717) is 12.5 Å². The smallest absolute Gasteiger partial charge is 0.350 e. The van der Waals surface area contributed by atoms with Gasteiger partial charge in [-0.25, -0.2) is 0 Å². The van der Waals surface area contributed by atoms with Gasteiger partial charge in [0.05, 0.1) is 6.61 Å². The molecule has 122 valence electrons. The largest absolute Gasteiger partial charge is 0.352 e. The van der Waals surface area contributed by atoms with E-state index in [2.05, 4.69) is 23.6 Å². The molecule has 1 aromatic rings. The zero-order valence-corrected chi connectivity index (χ0v) is 13.3. The summed E-state index contributed by atoms with van der Waals surface area (Å²) in [6, 6.07) is 3.64. The Kier molecular flexibility index (Phi) is 6.68. The number of unbranched alkanes of at least 4 members (excludes halogenated alkanes) is 1. The molecule has 1 amide bonds. The molecular formula is C17H23F2NO2. The molecule has 0 unspecified atom stereocenters. The number of amides is 1. The predicted molar refractivity (Wildman–Crippen MR) is 84.2 cm³/mol. The van der Waals surface area contributed by atoms with Gasteiger partial charge < -0.3 is 10.1 Å². The van der Waals surface area contributed by atoms with Crippen LogP contribution in [0.2, 0.25) is 0 Å². The van der Waals surface area contributed by atoms with E-state index in [9.17, 15) is 13.6 Å². The first-order valence-electron chi connectivity index (χ1n) is 7.34. The molecule has 0 atom stereocenters. The Morgan fingerprint density at radius 1 is 1.45 bits per heavy atom. The highest BCUT2D eigenvalue weighted by molar-refractivity contribution is 5.95. The Morgan fingerprint density at radius 2 is 2.14 bits per heavy atom. The number of nitrogens with one attached hydrogen (secondary N) is 1. The molecule has 0 aliphatic heterocycles. The van der Waals surface area contributed by atoms with Crippen LogP contribution in [-0.4, -0.2) is 25.2 Å². The van der Waals surface area contributed by atoms with Crippen molar-refractivity contribution in [3.63, 3.8) is 0 Å². The molecule has 0 spiro atoms. The summed E-state index contributed by atoms with van der Waals surface area (Å²) < 4.78 is 29.3. The second-order valence-electron chi connectivity index (χ2n) is 5.27. The number of benzene rings is 1. The molecule has 1 aromatic carbocycles. The third-order valence-corrected chi connectivity index (χ3v) is 3.13. The summed E-state index contributed by atoms with van der Waals surface area (Å²) >= 11 is 0. The van der Waals surface area contributed by atoms with Crippen molar-refractivity contribution in [3.8, 4) is 0 Å². The fraction of sp³-hybridized carbons (Fsp3) is 0.471. The molecule has 3 nitrogen and oxygen atoms in total. The Labute approximate surface area is 129 Å². The highest BCUT2D eigenvalue weighted by atomic mass is 19.3. The Morgan fingerprint density at radius 3 is 2.73 bits per heavy atom. The average Bonchev–Trinajstić information content (AvgIpc) is 2.41. The Balaban J connectivity index is 2.79. The zero-order chi connectivity index (χ0) is 16.8. The summed E-state index contributed by atoms with van der Waals surface area (Å²) in [6.07, 6.45) is 0.779. The minimum Gasteiger partial charge on any atom is -0.350 e. The van der Waals surface area contributed by atoms with Crippen molar-refractivity contribution in [3.05, 3.63) is 33.7 Å². The van der Waals surface area contributed by atoms with Crippen molar-refractivity contribution in [2.75, 3.05) is 13.2 Å². The molecule has 1 N–H and O–H groups in total. The van der Waals surface area contributed by atoms with Crippen LogP contribution in [0.15, 0.2) is 12.1 Å². The Bertz CT molecular complexity index is 621. The van der Waals surface area contributed by atoms with Gasteiger partial charge in [0.2, 0.25) is 0 Å². The van der Waals surface area contributed by atoms with E-state index in [0.717, 1.165) is 28.8 Å². The third-order valence-electron chi connectivity index (χ3n) is 3.13. The molecule has 0 fully saturated rings. The van der Waals surface area contributed by atoms with Crippen molar-refractivity contribution in [1.82, 2.24) is 5.32 Å². The van der Waals surface area contributed by atoms with Crippen LogP contribution in [0.4, 0.5) is 8.78 Å². The number of carbonyl (C=O) groups excluding carboxylic acids is 1. The molecule has 22 heavy (non-hydrogen) atoms. The summed E-state index contributed by atoms with van der Waals surface area (Å²) in [5.74, 6) is -0.299. The van der Waals surface area contributed by atoms with Gasteiger partial charge >= 0.3 is 6.11 Å². The SMILES string of the molecule is C=c1cc(C)c(C(=O)NCCOC(C)(F)F)c/c1=C/CCC. The van der Waals surface area contributed by atoms with Crippen LogP contribution < -0.4 is 15.8 Å². The van der Waals surface area contributed by atoms with Crippen LogP contribution in [-0.2, 0) is 4.74 Å². The number of halogens is 2. The Hall–Kier alpha value is -1.75. The van der Waals surface area contributed by atoms with Crippen LogP contribution in [0.1, 0.15) is 42.6 Å². The first kappa shape index (κ1) is 18.3. The van der Waals surface area contributed by atoms with E-state index < -0.39 is 6.11 Å². The lowest BCUT2D eigenvalue weighted by Crippen LogP contribution is -2.33. The monoisotopic (exact) mass is 311 g/mol. The number of carbonyl (C=O) groups is 1. The lowest BCUT2D eigenvalue weighted by Gasteiger charge is -2.12. The highest BCUT2D eigenvalue weighted by Crippen LogP contribution is 2.12. The van der Waals surface area contributed by atoms with Crippen molar-refractivity contribution in [2.45, 2.75) is 39.7 Å². The van der Waals surface area contributed by atoms with Crippen LogP contribution in [0.5, 0.6) is 0 Å². The number of ether oxygens (including phenoxy) is 1. The minimum absolute atomic E-state index is 0.0296. The summed E-state index contributed by atoms with van der Waals surface area (Å²) in [5.41, 5.74) is 1.33. The van der Waals surface area contributed by atoms with Gasteiger partial charge in [-0.3, -0.25) is 4.79 Å². The fourth-order valence-electron chi connectivity index (χ4n) is 2.01. The van der Waals surface area contributed by atoms with Gasteiger partial charge in [-0.05, 0) is 35.4 Å². The highest BCUT2D eigenvalue weighted by Gasteiger charge is 2.21.